The third kappa shape index (κ3) is 1.97. The van der Waals surface area contributed by atoms with Crippen LogP contribution in [0.2, 0.25) is 0 Å². The van der Waals surface area contributed by atoms with E-state index in [4.69, 9.17) is 5.11 Å². The fraction of sp³-hybridized carbons (Fsp3) is 0.889. The third-order valence-electron chi connectivity index (χ3n) is 2.49. The Morgan fingerprint density at radius 1 is 1.42 bits per heavy atom. The van der Waals surface area contributed by atoms with Crippen molar-refractivity contribution in [1.82, 2.24) is 5.32 Å². The first kappa shape index (κ1) is 9.52. The van der Waals surface area contributed by atoms with Crippen LogP contribution in [0, 0.1) is 5.41 Å². The monoisotopic (exact) mass is 171 g/mol. The summed E-state index contributed by atoms with van der Waals surface area (Å²) in [7, 11) is 0. The van der Waals surface area contributed by atoms with E-state index in [-0.39, 0.29) is 11.5 Å². The molecule has 0 bridgehead atoms. The van der Waals surface area contributed by atoms with Gasteiger partial charge in [0.1, 0.15) is 6.04 Å². The zero-order valence-electron chi connectivity index (χ0n) is 7.92. The molecule has 0 saturated carbocycles. The van der Waals surface area contributed by atoms with E-state index in [9.17, 15) is 4.79 Å². The van der Waals surface area contributed by atoms with Crippen molar-refractivity contribution in [3.63, 3.8) is 0 Å². The third-order valence-corrected chi connectivity index (χ3v) is 2.49. The lowest BCUT2D eigenvalue weighted by Gasteiger charge is -2.27. The summed E-state index contributed by atoms with van der Waals surface area (Å²) >= 11 is 0. The minimum Gasteiger partial charge on any atom is -0.480 e. The topological polar surface area (TPSA) is 49.3 Å². The van der Waals surface area contributed by atoms with Crippen molar-refractivity contribution in [1.29, 1.82) is 0 Å². The molecule has 0 aliphatic carbocycles. The zero-order valence-corrected chi connectivity index (χ0v) is 7.92. The van der Waals surface area contributed by atoms with Crippen molar-refractivity contribution in [2.75, 3.05) is 0 Å². The van der Waals surface area contributed by atoms with Crippen LogP contribution in [-0.4, -0.2) is 23.2 Å². The molecule has 1 rings (SSSR count). The number of rotatable bonds is 1. The van der Waals surface area contributed by atoms with E-state index < -0.39 is 5.97 Å². The highest BCUT2D eigenvalue weighted by Crippen LogP contribution is 2.28. The molecule has 1 heterocycles. The van der Waals surface area contributed by atoms with E-state index in [1.165, 1.54) is 0 Å². The van der Waals surface area contributed by atoms with Gasteiger partial charge in [0.25, 0.3) is 0 Å². The number of hydrogen-bond acceptors (Lipinski definition) is 2. The second-order valence-electron chi connectivity index (χ2n) is 4.55. The molecule has 2 atom stereocenters. The zero-order chi connectivity index (χ0) is 9.35. The fourth-order valence-electron chi connectivity index (χ4n) is 1.62. The highest BCUT2D eigenvalue weighted by molar-refractivity contribution is 5.73. The first-order chi connectivity index (χ1) is 5.41. The van der Waals surface area contributed by atoms with Gasteiger partial charge in [-0.15, -0.1) is 0 Å². The van der Waals surface area contributed by atoms with Gasteiger partial charge in [0.15, 0.2) is 0 Å². The Kier molecular flexibility index (Phi) is 2.42. The van der Waals surface area contributed by atoms with Gasteiger partial charge in [0, 0.05) is 6.04 Å². The summed E-state index contributed by atoms with van der Waals surface area (Å²) in [6.07, 6.45) is 1.73. The van der Waals surface area contributed by atoms with Crippen LogP contribution in [0.3, 0.4) is 0 Å². The van der Waals surface area contributed by atoms with Gasteiger partial charge in [-0.1, -0.05) is 20.8 Å². The van der Waals surface area contributed by atoms with Gasteiger partial charge in [0.2, 0.25) is 0 Å². The molecule has 2 unspecified atom stereocenters. The largest absolute Gasteiger partial charge is 0.480 e. The lowest BCUT2D eigenvalue weighted by molar-refractivity contribution is -0.139. The minimum absolute atomic E-state index is 0.171. The lowest BCUT2D eigenvalue weighted by atomic mass is 9.86. The molecule has 0 aromatic heterocycles. The van der Waals surface area contributed by atoms with Gasteiger partial charge in [-0.05, 0) is 18.3 Å². The van der Waals surface area contributed by atoms with E-state index in [2.05, 4.69) is 26.1 Å². The van der Waals surface area contributed by atoms with Crippen molar-refractivity contribution < 1.29 is 9.90 Å². The molecule has 1 aliphatic heterocycles. The van der Waals surface area contributed by atoms with Crippen LogP contribution >= 0.6 is 0 Å². The van der Waals surface area contributed by atoms with Crippen LogP contribution in [0.15, 0.2) is 0 Å². The van der Waals surface area contributed by atoms with Crippen molar-refractivity contribution in [2.45, 2.75) is 45.7 Å². The normalized spacial score (nSPS) is 30.6. The number of carboxylic acids is 1. The molecule has 2 N–H and O–H groups in total. The Hall–Kier alpha value is -0.570. The predicted molar refractivity (Wildman–Crippen MR) is 47.0 cm³/mol. The molecule has 1 fully saturated rings. The highest BCUT2D eigenvalue weighted by Gasteiger charge is 2.35. The molecule has 0 spiro atoms. The Labute approximate surface area is 73.2 Å². The Bertz CT molecular complexity index is 183. The molecule has 0 aromatic rings. The average Bonchev–Trinajstić information content (AvgIpc) is 2.30. The first-order valence-corrected chi connectivity index (χ1v) is 4.40. The highest BCUT2D eigenvalue weighted by atomic mass is 16.4. The second-order valence-corrected chi connectivity index (χ2v) is 4.55. The molecule has 3 nitrogen and oxygen atoms in total. The standard InChI is InChI=1S/C9H17NO2/c1-9(2,3)7-5-4-6(10-7)8(11)12/h6-7,10H,4-5H2,1-3H3,(H,11,12). The summed E-state index contributed by atoms with van der Waals surface area (Å²) in [5.74, 6) is -0.721. The quantitative estimate of drug-likeness (QED) is 0.624. The molecule has 12 heavy (non-hydrogen) atoms. The predicted octanol–water partition coefficient (Wildman–Crippen LogP) is 1.24. The van der Waals surface area contributed by atoms with Crippen LogP contribution in [0.25, 0.3) is 0 Å². The van der Waals surface area contributed by atoms with Crippen molar-refractivity contribution in [3.8, 4) is 0 Å². The molecule has 1 aliphatic rings. The minimum atomic E-state index is -0.721. The average molecular weight is 171 g/mol. The SMILES string of the molecule is CC(C)(C)C1CCC(C(=O)O)N1. The molecule has 0 aromatic carbocycles. The maximum Gasteiger partial charge on any atom is 0.320 e. The summed E-state index contributed by atoms with van der Waals surface area (Å²) in [5.41, 5.74) is 0.171. The van der Waals surface area contributed by atoms with Gasteiger partial charge in [-0.2, -0.15) is 0 Å². The van der Waals surface area contributed by atoms with E-state index in [1.54, 1.807) is 0 Å². The molecule has 70 valence electrons. The van der Waals surface area contributed by atoms with E-state index in [0.29, 0.717) is 6.04 Å². The van der Waals surface area contributed by atoms with Crippen LogP contribution in [-0.2, 0) is 4.79 Å². The summed E-state index contributed by atoms with van der Waals surface area (Å²) in [5, 5.41) is 11.9. The van der Waals surface area contributed by atoms with Crippen LogP contribution in [0.5, 0.6) is 0 Å². The fourth-order valence-corrected chi connectivity index (χ4v) is 1.62. The number of aliphatic carboxylic acids is 1. The molecule has 1 saturated heterocycles. The summed E-state index contributed by atoms with van der Waals surface area (Å²) in [6, 6.07) is 0.0211. The molecule has 0 radical (unpaired) electrons. The molecular formula is C9H17NO2. The van der Waals surface area contributed by atoms with Gasteiger partial charge < -0.3 is 10.4 Å². The van der Waals surface area contributed by atoms with Gasteiger partial charge in [-0.3, -0.25) is 4.79 Å². The summed E-state index contributed by atoms with van der Waals surface area (Å²) in [6.45, 7) is 6.40. The van der Waals surface area contributed by atoms with Gasteiger partial charge >= 0.3 is 5.97 Å². The van der Waals surface area contributed by atoms with Crippen LogP contribution in [0.4, 0.5) is 0 Å². The maximum absolute atomic E-state index is 10.6. The summed E-state index contributed by atoms with van der Waals surface area (Å²) < 4.78 is 0. The van der Waals surface area contributed by atoms with Crippen LogP contribution < -0.4 is 5.32 Å². The van der Waals surface area contributed by atoms with E-state index in [0.717, 1.165) is 12.8 Å². The van der Waals surface area contributed by atoms with Gasteiger partial charge in [0.05, 0.1) is 0 Å². The van der Waals surface area contributed by atoms with Crippen molar-refractivity contribution >= 4 is 5.97 Å². The van der Waals surface area contributed by atoms with Gasteiger partial charge in [-0.25, -0.2) is 0 Å². The Balaban J connectivity index is 2.51. The van der Waals surface area contributed by atoms with Crippen LogP contribution in [0.1, 0.15) is 33.6 Å². The number of carbonyl (C=O) groups is 1. The molecule has 0 amide bonds. The second kappa shape index (κ2) is 3.05. The Morgan fingerprint density at radius 2 is 2.00 bits per heavy atom. The lowest BCUT2D eigenvalue weighted by Crippen LogP contribution is -2.41. The van der Waals surface area contributed by atoms with Crippen molar-refractivity contribution in [2.24, 2.45) is 5.41 Å². The first-order valence-electron chi connectivity index (χ1n) is 4.40. The van der Waals surface area contributed by atoms with E-state index in [1.807, 2.05) is 0 Å². The number of hydrogen-bond donors (Lipinski definition) is 2. The Morgan fingerprint density at radius 3 is 2.25 bits per heavy atom. The van der Waals surface area contributed by atoms with Crippen molar-refractivity contribution in [3.05, 3.63) is 0 Å². The smallest absolute Gasteiger partial charge is 0.320 e. The maximum atomic E-state index is 10.6. The molecular weight excluding hydrogens is 154 g/mol. The number of carboxylic acid groups (broad SMARTS) is 1. The summed E-state index contributed by atoms with van der Waals surface area (Å²) in [4.78, 5) is 10.6. The molecule has 3 heteroatoms. The number of nitrogens with one attached hydrogen (secondary N) is 1. The van der Waals surface area contributed by atoms with E-state index >= 15 is 0 Å².